The molecule has 0 bridgehead atoms. The van der Waals surface area contributed by atoms with Crippen LogP contribution >= 0.6 is 27.3 Å². The molecule has 0 saturated carbocycles. The zero-order valence-electron chi connectivity index (χ0n) is 14.9. The van der Waals surface area contributed by atoms with Crippen molar-refractivity contribution < 1.29 is 19.4 Å². The molecule has 0 aliphatic heterocycles. The second-order valence-electron chi connectivity index (χ2n) is 6.48. The normalized spacial score (nSPS) is 11.6. The van der Waals surface area contributed by atoms with Gasteiger partial charge >= 0.3 is 11.9 Å². The van der Waals surface area contributed by atoms with Gasteiger partial charge in [-0.1, -0.05) is 28.1 Å². The smallest absolute Gasteiger partial charge is 0.350 e. The van der Waals surface area contributed by atoms with Crippen LogP contribution in [0.15, 0.2) is 45.9 Å². The molecular formula is C19H17BrN2O4S. The molecule has 0 unspecified atom stereocenters. The first kappa shape index (κ1) is 20.7. The van der Waals surface area contributed by atoms with E-state index in [2.05, 4.69) is 21.2 Å². The largest absolute Gasteiger partial charge is 0.478 e. The van der Waals surface area contributed by atoms with Crippen molar-refractivity contribution in [3.63, 3.8) is 0 Å². The number of carbonyl (C=O) groups excluding carboxylic acids is 1. The molecule has 0 fully saturated rings. The maximum atomic E-state index is 12.0. The number of ether oxygens (including phenoxy) is 1. The third-order valence-electron chi connectivity index (χ3n) is 3.25. The Morgan fingerprint density at radius 3 is 2.44 bits per heavy atom. The predicted molar refractivity (Wildman–Crippen MR) is 108 cm³/mol. The van der Waals surface area contributed by atoms with Gasteiger partial charge in [-0.15, -0.1) is 11.3 Å². The molecule has 0 saturated heterocycles. The highest BCUT2D eigenvalue weighted by atomic mass is 79.9. The fourth-order valence-electron chi connectivity index (χ4n) is 2.13. The number of carboxylic acid groups (broad SMARTS) is 1. The van der Waals surface area contributed by atoms with Gasteiger partial charge in [0.15, 0.2) is 5.57 Å². The molecule has 2 aromatic rings. The van der Waals surface area contributed by atoms with Crippen LogP contribution in [0.2, 0.25) is 0 Å². The zero-order chi connectivity index (χ0) is 20.2. The number of aromatic carboxylic acids is 1. The van der Waals surface area contributed by atoms with E-state index >= 15 is 0 Å². The quantitative estimate of drug-likeness (QED) is 0.377. The Balaban J connectivity index is 2.34. The number of rotatable bonds is 5. The van der Waals surface area contributed by atoms with Crippen LogP contribution < -0.4 is 5.32 Å². The molecule has 0 spiro atoms. The van der Waals surface area contributed by atoms with Crippen LogP contribution in [0.5, 0.6) is 0 Å². The van der Waals surface area contributed by atoms with E-state index in [1.165, 1.54) is 11.3 Å². The number of nitriles is 1. The van der Waals surface area contributed by atoms with Crippen molar-refractivity contribution in [2.75, 3.05) is 5.32 Å². The van der Waals surface area contributed by atoms with Gasteiger partial charge in [0, 0.05) is 21.6 Å². The first-order valence-corrected chi connectivity index (χ1v) is 9.50. The molecule has 0 amide bonds. The highest BCUT2D eigenvalue weighted by Gasteiger charge is 2.22. The summed E-state index contributed by atoms with van der Waals surface area (Å²) in [6.07, 6.45) is 1.16. The van der Waals surface area contributed by atoms with E-state index in [0.29, 0.717) is 10.6 Å². The van der Waals surface area contributed by atoms with E-state index in [1.54, 1.807) is 44.4 Å². The van der Waals surface area contributed by atoms with Crippen molar-refractivity contribution >= 4 is 44.2 Å². The number of carbonyl (C=O) groups is 2. The third-order valence-corrected chi connectivity index (χ3v) is 4.69. The number of thiophene rings is 1. The summed E-state index contributed by atoms with van der Waals surface area (Å²) < 4.78 is 6.04. The molecule has 0 atom stereocenters. The zero-order valence-corrected chi connectivity index (χ0v) is 17.3. The molecule has 6 nitrogen and oxygen atoms in total. The van der Waals surface area contributed by atoms with Crippen molar-refractivity contribution in [3.8, 4) is 17.2 Å². The number of benzene rings is 1. The van der Waals surface area contributed by atoms with Gasteiger partial charge in [0.25, 0.3) is 0 Å². The lowest BCUT2D eigenvalue weighted by atomic mass is 10.0. The molecule has 0 aliphatic carbocycles. The molecule has 0 aliphatic rings. The van der Waals surface area contributed by atoms with Crippen molar-refractivity contribution in [2.24, 2.45) is 0 Å². The summed E-state index contributed by atoms with van der Waals surface area (Å²) in [7, 11) is 0. The molecule has 1 aromatic heterocycles. The number of halogens is 1. The lowest BCUT2D eigenvalue weighted by molar-refractivity contribution is -0.149. The Kier molecular flexibility index (Phi) is 6.41. The van der Waals surface area contributed by atoms with Gasteiger partial charge in [-0.3, -0.25) is 0 Å². The van der Waals surface area contributed by atoms with E-state index in [4.69, 9.17) is 4.74 Å². The van der Waals surface area contributed by atoms with E-state index in [1.807, 2.05) is 12.1 Å². The molecule has 1 heterocycles. The van der Waals surface area contributed by atoms with Gasteiger partial charge in [0.05, 0.1) is 0 Å². The van der Waals surface area contributed by atoms with E-state index in [-0.39, 0.29) is 11.1 Å². The monoisotopic (exact) mass is 448 g/mol. The molecule has 8 heteroatoms. The SMILES string of the molecule is CC(C)(C)OC(=O)C(C#N)=CNc1scc(-c2ccc(Br)cc2)c1C(=O)O. The first-order chi connectivity index (χ1) is 12.6. The summed E-state index contributed by atoms with van der Waals surface area (Å²) in [4.78, 5) is 23.8. The lowest BCUT2D eigenvalue weighted by Crippen LogP contribution is -2.24. The fraction of sp³-hybridized carbons (Fsp3) is 0.211. The highest BCUT2D eigenvalue weighted by molar-refractivity contribution is 9.10. The Morgan fingerprint density at radius 1 is 1.30 bits per heavy atom. The maximum absolute atomic E-state index is 12.0. The average Bonchev–Trinajstić information content (AvgIpc) is 2.98. The summed E-state index contributed by atoms with van der Waals surface area (Å²) in [6.45, 7) is 5.08. The van der Waals surface area contributed by atoms with E-state index in [0.717, 1.165) is 16.2 Å². The van der Waals surface area contributed by atoms with E-state index in [9.17, 15) is 20.0 Å². The summed E-state index contributed by atoms with van der Waals surface area (Å²) in [5.74, 6) is -1.89. The summed E-state index contributed by atoms with van der Waals surface area (Å²) in [5, 5.41) is 23.6. The fourth-order valence-corrected chi connectivity index (χ4v) is 3.32. The van der Waals surface area contributed by atoms with Gasteiger partial charge < -0.3 is 15.2 Å². The second-order valence-corrected chi connectivity index (χ2v) is 8.28. The van der Waals surface area contributed by atoms with Gasteiger partial charge in [-0.2, -0.15) is 5.26 Å². The van der Waals surface area contributed by atoms with Gasteiger partial charge in [-0.05, 0) is 38.5 Å². The molecule has 27 heavy (non-hydrogen) atoms. The van der Waals surface area contributed by atoms with Crippen LogP contribution in [0.4, 0.5) is 5.00 Å². The predicted octanol–water partition coefficient (Wildman–Crippen LogP) is 5.04. The van der Waals surface area contributed by atoms with Crippen LogP contribution in [0.25, 0.3) is 11.1 Å². The van der Waals surface area contributed by atoms with Crippen LogP contribution in [0.1, 0.15) is 31.1 Å². The highest BCUT2D eigenvalue weighted by Crippen LogP contribution is 2.36. The van der Waals surface area contributed by atoms with Gasteiger partial charge in [0.1, 0.15) is 22.2 Å². The maximum Gasteiger partial charge on any atom is 0.350 e. The van der Waals surface area contributed by atoms with Crippen molar-refractivity contribution in [1.29, 1.82) is 5.26 Å². The topological polar surface area (TPSA) is 99.4 Å². The number of esters is 1. The number of nitrogens with one attached hydrogen (secondary N) is 1. The molecule has 1 aromatic carbocycles. The standard InChI is InChI=1S/C19H17BrN2O4S/c1-19(2,3)26-18(25)12(8-21)9-22-16-15(17(23)24)14(10-27-16)11-4-6-13(20)7-5-11/h4-7,9-10,22H,1-3H3,(H,23,24). The van der Waals surface area contributed by atoms with Crippen LogP contribution in [-0.4, -0.2) is 22.6 Å². The number of carboxylic acids is 1. The average molecular weight is 449 g/mol. The molecule has 140 valence electrons. The van der Waals surface area contributed by atoms with Gasteiger partial charge in [0.2, 0.25) is 0 Å². The van der Waals surface area contributed by atoms with Gasteiger partial charge in [-0.25, -0.2) is 9.59 Å². The van der Waals surface area contributed by atoms with Crippen molar-refractivity contribution in [1.82, 2.24) is 0 Å². The molecule has 0 radical (unpaired) electrons. The first-order valence-electron chi connectivity index (χ1n) is 7.83. The number of nitrogens with zero attached hydrogens (tertiary/aromatic N) is 1. The van der Waals surface area contributed by atoms with Crippen molar-refractivity contribution in [2.45, 2.75) is 26.4 Å². The van der Waals surface area contributed by atoms with Crippen LogP contribution in [-0.2, 0) is 9.53 Å². The Labute approximate surface area is 169 Å². The Bertz CT molecular complexity index is 934. The number of hydrogen-bond donors (Lipinski definition) is 2. The summed E-state index contributed by atoms with van der Waals surface area (Å²) in [6, 6.07) is 9.02. The van der Waals surface area contributed by atoms with E-state index < -0.39 is 17.5 Å². The molecular weight excluding hydrogens is 432 g/mol. The second kappa shape index (κ2) is 8.37. The Morgan fingerprint density at radius 2 is 1.93 bits per heavy atom. The Hall–Kier alpha value is -2.63. The lowest BCUT2D eigenvalue weighted by Gasteiger charge is -2.18. The molecule has 2 N–H and O–H groups in total. The number of hydrogen-bond acceptors (Lipinski definition) is 6. The summed E-state index contributed by atoms with van der Waals surface area (Å²) in [5.41, 5.74) is 0.375. The minimum Gasteiger partial charge on any atom is -0.478 e. The number of anilines is 1. The third kappa shape index (κ3) is 5.42. The minimum absolute atomic E-state index is 0.0695. The summed E-state index contributed by atoms with van der Waals surface area (Å²) >= 11 is 4.52. The van der Waals surface area contributed by atoms with Crippen LogP contribution in [0.3, 0.4) is 0 Å². The minimum atomic E-state index is -1.11. The van der Waals surface area contributed by atoms with Crippen LogP contribution in [0, 0.1) is 11.3 Å². The van der Waals surface area contributed by atoms with Crippen molar-refractivity contribution in [3.05, 3.63) is 51.5 Å². The molecule has 2 rings (SSSR count).